The van der Waals surface area contributed by atoms with Gasteiger partial charge in [-0.25, -0.2) is 0 Å². The summed E-state index contributed by atoms with van der Waals surface area (Å²) in [6.07, 6.45) is 0. The molecule has 0 N–H and O–H groups in total. The Kier molecular flexibility index (Phi) is 15.9. The van der Waals surface area contributed by atoms with E-state index in [1.54, 1.807) is 0 Å². The molecule has 0 amide bonds. The van der Waals surface area contributed by atoms with Crippen molar-refractivity contribution in [1.29, 1.82) is 0 Å². The first-order chi connectivity index (χ1) is 21.2. The van der Waals surface area contributed by atoms with Crippen molar-refractivity contribution in [2.75, 3.05) is 0 Å². The fraction of sp³-hybridized carbons (Fsp3) is 0.364. The van der Waals surface area contributed by atoms with Crippen LogP contribution in [0.3, 0.4) is 0 Å². The van der Waals surface area contributed by atoms with Crippen LogP contribution in [0.1, 0.15) is 99.9 Å². The molecule has 6 rings (SSSR count). The van der Waals surface area contributed by atoms with Gasteiger partial charge < -0.3 is 0 Å². The zero-order valence-electron chi connectivity index (χ0n) is 30.9. The molecule has 0 aliphatic rings. The molecule has 0 heterocycles. The highest BCUT2D eigenvalue weighted by Gasteiger charge is 2.11. The molecule has 0 aromatic heterocycles. The van der Waals surface area contributed by atoms with Gasteiger partial charge in [-0.1, -0.05) is 104 Å². The molecule has 0 aliphatic heterocycles. The first-order valence-electron chi connectivity index (χ1n) is 17.0. The highest BCUT2D eigenvalue weighted by molar-refractivity contribution is 6.03. The van der Waals surface area contributed by atoms with E-state index in [0.717, 1.165) is 0 Å². The second-order valence-electron chi connectivity index (χ2n) is 10.5. The second kappa shape index (κ2) is 18.2. The second-order valence-corrected chi connectivity index (χ2v) is 10.5. The van der Waals surface area contributed by atoms with E-state index in [1.807, 2.05) is 55.4 Å². The minimum Gasteiger partial charge on any atom is -0.0683 e. The van der Waals surface area contributed by atoms with Crippen LogP contribution in [-0.4, -0.2) is 0 Å². The van der Waals surface area contributed by atoms with Gasteiger partial charge in [0.05, 0.1) is 0 Å². The Morgan fingerprint density at radius 2 is 0.409 bits per heavy atom. The highest BCUT2D eigenvalue weighted by Crippen LogP contribution is 2.33. The molecule has 0 unspecified atom stereocenters. The molecule has 0 bridgehead atoms. The lowest BCUT2D eigenvalue weighted by atomic mass is 9.90. The molecule has 0 nitrogen and oxygen atoms in total. The Morgan fingerprint density at radius 1 is 0.250 bits per heavy atom. The minimum atomic E-state index is 1.33. The number of rotatable bonds is 0. The summed E-state index contributed by atoms with van der Waals surface area (Å²) in [5.74, 6) is 0. The summed E-state index contributed by atoms with van der Waals surface area (Å²) in [5.41, 5.74) is 11.4. The number of hydrogen-bond acceptors (Lipinski definition) is 0. The lowest BCUT2D eigenvalue weighted by Crippen LogP contribution is -1.94. The van der Waals surface area contributed by atoms with Crippen LogP contribution in [0.2, 0.25) is 0 Å². The molecule has 0 saturated carbocycles. The predicted octanol–water partition coefficient (Wildman–Crippen LogP) is 14.6. The largest absolute Gasteiger partial charge is 0.0683 e. The fourth-order valence-electron chi connectivity index (χ4n) is 5.65. The molecule has 0 aliphatic carbocycles. The Labute approximate surface area is 270 Å². The normalized spacial score (nSPS) is 9.82. The van der Waals surface area contributed by atoms with Gasteiger partial charge in [-0.15, -0.1) is 0 Å². The molecule has 0 radical (unpaired) electrons. The van der Waals surface area contributed by atoms with E-state index in [-0.39, 0.29) is 0 Å². The average Bonchev–Trinajstić information content (AvgIpc) is 3.10. The maximum absolute atomic E-state index is 2.33. The first kappa shape index (κ1) is 38.4. The van der Waals surface area contributed by atoms with Crippen LogP contribution < -0.4 is 0 Å². The number of hydrogen-bond donors (Lipinski definition) is 0. The molecule has 0 fully saturated rings. The number of aryl methyl sites for hydroxylation is 4. The molecule has 0 atom stereocenters. The molecule has 44 heavy (non-hydrogen) atoms. The molecule has 0 heteroatoms. The summed E-state index contributed by atoms with van der Waals surface area (Å²) >= 11 is 0. The van der Waals surface area contributed by atoms with E-state index in [9.17, 15) is 0 Å². The van der Waals surface area contributed by atoms with Crippen LogP contribution in [0.25, 0.3) is 43.1 Å². The van der Waals surface area contributed by atoms with Gasteiger partial charge in [-0.05, 0) is 167 Å². The third-order valence-electron chi connectivity index (χ3n) is 8.76. The summed E-state index contributed by atoms with van der Waals surface area (Å²) < 4.78 is 0. The van der Waals surface area contributed by atoms with Crippen molar-refractivity contribution < 1.29 is 0 Å². The van der Waals surface area contributed by atoms with Gasteiger partial charge in [0, 0.05) is 0 Å². The lowest BCUT2D eigenvalue weighted by Gasteiger charge is -2.15. The molecule has 236 valence electrons. The lowest BCUT2D eigenvalue weighted by molar-refractivity contribution is 1.25. The zero-order valence-corrected chi connectivity index (χ0v) is 30.9. The average molecular weight is 589 g/mol. The maximum Gasteiger partial charge on any atom is -0.0143 e. The number of benzene rings is 6. The van der Waals surface area contributed by atoms with Crippen LogP contribution >= 0.6 is 0 Å². The van der Waals surface area contributed by atoms with Crippen molar-refractivity contribution in [2.24, 2.45) is 0 Å². The van der Waals surface area contributed by atoms with Crippen LogP contribution in [0, 0.1) is 55.4 Å². The van der Waals surface area contributed by atoms with Crippen LogP contribution in [0.4, 0.5) is 0 Å². The van der Waals surface area contributed by atoms with Gasteiger partial charge in [-0.2, -0.15) is 0 Å². The summed E-state index contributed by atoms with van der Waals surface area (Å²) in [6, 6.07) is 26.5. The maximum atomic E-state index is 2.33. The predicted molar refractivity (Wildman–Crippen MR) is 206 cm³/mol. The van der Waals surface area contributed by atoms with Gasteiger partial charge in [0.1, 0.15) is 0 Å². The van der Waals surface area contributed by atoms with E-state index in [0.29, 0.717) is 0 Å². The Hall–Kier alpha value is -3.64. The third-order valence-corrected chi connectivity index (χ3v) is 8.76. The molecular weight excluding hydrogens is 528 g/mol. The molecule has 6 aromatic carbocycles. The van der Waals surface area contributed by atoms with Crippen LogP contribution in [-0.2, 0) is 0 Å². The van der Waals surface area contributed by atoms with Crippen molar-refractivity contribution in [1.82, 2.24) is 0 Å². The summed E-state index contributed by atoms with van der Waals surface area (Å²) in [4.78, 5) is 0. The first-order valence-corrected chi connectivity index (χ1v) is 17.0. The van der Waals surface area contributed by atoms with Crippen LogP contribution in [0.15, 0.2) is 72.8 Å². The van der Waals surface area contributed by atoms with E-state index in [1.165, 1.54) is 87.6 Å². The van der Waals surface area contributed by atoms with E-state index in [2.05, 4.69) is 128 Å². The Morgan fingerprint density at radius 3 is 0.568 bits per heavy atom. The zero-order chi connectivity index (χ0) is 33.7. The summed E-state index contributed by atoms with van der Waals surface area (Å²) in [7, 11) is 0. The van der Waals surface area contributed by atoms with E-state index < -0.39 is 0 Å². The quantitative estimate of drug-likeness (QED) is 0.155. The standard InChI is InChI=1S/2C18H18.4C2H6/c2*1-11-12(2)14(4)18-10-16-8-6-5-7-15(16)9-17(18)13(11)3;4*1-2/h2*5-10H,1-4H3;4*1-2H3. The summed E-state index contributed by atoms with van der Waals surface area (Å²) in [5, 5.41) is 10.9. The van der Waals surface area contributed by atoms with E-state index >= 15 is 0 Å². The van der Waals surface area contributed by atoms with Gasteiger partial charge in [0.2, 0.25) is 0 Å². The molecule has 6 aromatic rings. The van der Waals surface area contributed by atoms with Crippen molar-refractivity contribution in [3.8, 4) is 0 Å². The van der Waals surface area contributed by atoms with Gasteiger partial charge >= 0.3 is 0 Å². The van der Waals surface area contributed by atoms with Crippen molar-refractivity contribution in [3.05, 3.63) is 117 Å². The minimum absolute atomic E-state index is 1.33. The van der Waals surface area contributed by atoms with Crippen molar-refractivity contribution >= 4 is 43.1 Å². The van der Waals surface area contributed by atoms with Gasteiger partial charge in [-0.3, -0.25) is 0 Å². The van der Waals surface area contributed by atoms with Gasteiger partial charge in [0.15, 0.2) is 0 Å². The molecule has 0 saturated heterocycles. The van der Waals surface area contributed by atoms with Crippen molar-refractivity contribution in [3.63, 3.8) is 0 Å². The SMILES string of the molecule is CC.CC.CC.CC.Cc1c(C)c(C)c2cc3ccccc3cc2c1C.Cc1c(C)c(C)c2cc3ccccc3cc2c1C. The molecule has 0 spiro atoms. The Balaban J connectivity index is 0.000000359. The Bertz CT molecular complexity index is 1530. The number of fused-ring (bicyclic) bond motifs is 4. The van der Waals surface area contributed by atoms with Gasteiger partial charge in [0.25, 0.3) is 0 Å². The highest BCUT2D eigenvalue weighted by atomic mass is 14.2. The monoisotopic (exact) mass is 588 g/mol. The molecular formula is C44H60. The summed E-state index contributed by atoms with van der Waals surface area (Å²) in [6.45, 7) is 33.9. The topological polar surface area (TPSA) is 0 Å². The van der Waals surface area contributed by atoms with Crippen LogP contribution in [0.5, 0.6) is 0 Å². The van der Waals surface area contributed by atoms with E-state index in [4.69, 9.17) is 0 Å². The van der Waals surface area contributed by atoms with Crippen molar-refractivity contribution in [2.45, 2.75) is 111 Å². The fourth-order valence-corrected chi connectivity index (χ4v) is 5.65. The third kappa shape index (κ3) is 7.89. The smallest absolute Gasteiger partial charge is 0.0143 e.